The number of para-hydroxylation sites is 2. The molecule has 0 saturated heterocycles. The van der Waals surface area contributed by atoms with Crippen molar-refractivity contribution in [1.29, 1.82) is 0 Å². The SMILES string of the molecule is O=[N+]([O-])c1ccc(/C=C/c2ccc(N(c3ccccc3)c3ccccc3)cc2)cc1. The number of rotatable bonds is 6. The molecule has 0 spiro atoms. The highest BCUT2D eigenvalue weighted by atomic mass is 16.6. The van der Waals surface area contributed by atoms with Gasteiger partial charge in [-0.05, 0) is 59.7 Å². The van der Waals surface area contributed by atoms with Crippen LogP contribution >= 0.6 is 0 Å². The molecule has 0 aliphatic heterocycles. The number of anilines is 3. The molecule has 4 aromatic rings. The molecule has 0 bridgehead atoms. The van der Waals surface area contributed by atoms with Crippen LogP contribution in [-0.2, 0) is 0 Å². The third-order valence-corrected chi connectivity index (χ3v) is 4.75. The van der Waals surface area contributed by atoms with E-state index in [1.54, 1.807) is 12.1 Å². The zero-order valence-corrected chi connectivity index (χ0v) is 16.3. The lowest BCUT2D eigenvalue weighted by atomic mass is 10.1. The molecule has 146 valence electrons. The first-order valence-electron chi connectivity index (χ1n) is 9.63. The average Bonchev–Trinajstić information content (AvgIpc) is 2.80. The van der Waals surface area contributed by atoms with Gasteiger partial charge in [-0.15, -0.1) is 0 Å². The fourth-order valence-corrected chi connectivity index (χ4v) is 3.24. The number of nitrogens with zero attached hydrogens (tertiary/aromatic N) is 2. The van der Waals surface area contributed by atoms with E-state index in [0.717, 1.165) is 28.2 Å². The first kappa shape index (κ1) is 19.2. The van der Waals surface area contributed by atoms with Crippen LogP contribution in [0.5, 0.6) is 0 Å². The number of hydrogen-bond acceptors (Lipinski definition) is 3. The fraction of sp³-hybridized carbons (Fsp3) is 0. The molecule has 0 fully saturated rings. The minimum atomic E-state index is -0.391. The van der Waals surface area contributed by atoms with Gasteiger partial charge in [-0.25, -0.2) is 0 Å². The lowest BCUT2D eigenvalue weighted by Crippen LogP contribution is -2.09. The van der Waals surface area contributed by atoms with Gasteiger partial charge < -0.3 is 4.90 Å². The highest BCUT2D eigenvalue weighted by molar-refractivity contribution is 5.78. The minimum Gasteiger partial charge on any atom is -0.311 e. The van der Waals surface area contributed by atoms with Gasteiger partial charge in [0.25, 0.3) is 5.69 Å². The highest BCUT2D eigenvalue weighted by Crippen LogP contribution is 2.34. The van der Waals surface area contributed by atoms with Crippen LogP contribution < -0.4 is 4.90 Å². The second-order valence-electron chi connectivity index (χ2n) is 6.78. The van der Waals surface area contributed by atoms with Gasteiger partial charge >= 0.3 is 0 Å². The number of nitro groups is 1. The molecule has 0 unspecified atom stereocenters. The Balaban J connectivity index is 1.58. The molecule has 4 rings (SSSR count). The van der Waals surface area contributed by atoms with Crippen LogP contribution in [0.25, 0.3) is 12.2 Å². The van der Waals surface area contributed by atoms with Crippen molar-refractivity contribution in [1.82, 2.24) is 0 Å². The molecule has 4 nitrogen and oxygen atoms in total. The first-order valence-corrected chi connectivity index (χ1v) is 9.63. The number of hydrogen-bond donors (Lipinski definition) is 0. The summed E-state index contributed by atoms with van der Waals surface area (Å²) in [6.07, 6.45) is 3.95. The van der Waals surface area contributed by atoms with E-state index in [9.17, 15) is 10.1 Å². The molecular formula is C26H20N2O2. The summed E-state index contributed by atoms with van der Waals surface area (Å²) in [7, 11) is 0. The van der Waals surface area contributed by atoms with Gasteiger partial charge in [0.1, 0.15) is 0 Å². The van der Waals surface area contributed by atoms with Crippen LogP contribution in [0.4, 0.5) is 22.7 Å². The molecule has 0 aliphatic carbocycles. The molecule has 0 heterocycles. The summed E-state index contributed by atoms with van der Waals surface area (Å²) in [6.45, 7) is 0. The van der Waals surface area contributed by atoms with Crippen LogP contribution in [0.1, 0.15) is 11.1 Å². The van der Waals surface area contributed by atoms with E-state index in [1.807, 2.05) is 48.6 Å². The molecule has 0 amide bonds. The van der Waals surface area contributed by atoms with Crippen molar-refractivity contribution >= 4 is 34.9 Å². The van der Waals surface area contributed by atoms with Gasteiger partial charge in [0.15, 0.2) is 0 Å². The molecule has 0 saturated carbocycles. The maximum absolute atomic E-state index is 10.8. The molecule has 4 aromatic carbocycles. The number of nitro benzene ring substituents is 1. The smallest absolute Gasteiger partial charge is 0.269 e. The maximum Gasteiger partial charge on any atom is 0.269 e. The monoisotopic (exact) mass is 392 g/mol. The number of non-ortho nitro benzene ring substituents is 1. The second kappa shape index (κ2) is 8.88. The van der Waals surface area contributed by atoms with Gasteiger partial charge in [-0.3, -0.25) is 10.1 Å². The van der Waals surface area contributed by atoms with E-state index < -0.39 is 4.92 Å². The standard InChI is InChI=1S/C26H20N2O2/c29-28(30)26-19-15-22(16-20-26)12-11-21-13-17-25(18-14-21)27(23-7-3-1-4-8-23)24-9-5-2-6-10-24/h1-20H/b12-11+. The zero-order valence-electron chi connectivity index (χ0n) is 16.3. The Kier molecular flexibility index (Phi) is 5.67. The van der Waals surface area contributed by atoms with E-state index in [-0.39, 0.29) is 5.69 Å². The molecule has 0 aromatic heterocycles. The van der Waals surface area contributed by atoms with Crippen LogP contribution in [0.15, 0.2) is 109 Å². The summed E-state index contributed by atoms with van der Waals surface area (Å²) in [5.41, 5.74) is 5.33. The van der Waals surface area contributed by atoms with Crippen molar-refractivity contribution in [2.24, 2.45) is 0 Å². The largest absolute Gasteiger partial charge is 0.311 e. The van der Waals surface area contributed by atoms with E-state index >= 15 is 0 Å². The van der Waals surface area contributed by atoms with Crippen LogP contribution in [0, 0.1) is 10.1 Å². The predicted octanol–water partition coefficient (Wildman–Crippen LogP) is 7.24. The highest BCUT2D eigenvalue weighted by Gasteiger charge is 2.11. The molecule has 30 heavy (non-hydrogen) atoms. The van der Waals surface area contributed by atoms with Crippen molar-refractivity contribution in [3.05, 3.63) is 130 Å². The van der Waals surface area contributed by atoms with Crippen molar-refractivity contribution in [3.8, 4) is 0 Å². The maximum atomic E-state index is 10.8. The Morgan fingerprint density at radius 3 is 1.40 bits per heavy atom. The van der Waals surface area contributed by atoms with Crippen molar-refractivity contribution in [3.63, 3.8) is 0 Å². The summed E-state index contributed by atoms with van der Waals surface area (Å²) < 4.78 is 0. The molecular weight excluding hydrogens is 372 g/mol. The Labute approximate surface area is 175 Å². The van der Waals surface area contributed by atoms with Gasteiger partial charge in [-0.1, -0.05) is 60.7 Å². The Morgan fingerprint density at radius 1 is 0.567 bits per heavy atom. The topological polar surface area (TPSA) is 46.4 Å². The zero-order chi connectivity index (χ0) is 20.8. The van der Waals surface area contributed by atoms with Gasteiger partial charge in [0.2, 0.25) is 0 Å². The lowest BCUT2D eigenvalue weighted by molar-refractivity contribution is -0.384. The number of benzene rings is 4. The second-order valence-corrected chi connectivity index (χ2v) is 6.78. The molecule has 0 atom stereocenters. The van der Waals surface area contributed by atoms with E-state index in [1.165, 1.54) is 12.1 Å². The normalized spacial score (nSPS) is 10.8. The fourth-order valence-electron chi connectivity index (χ4n) is 3.24. The van der Waals surface area contributed by atoms with Gasteiger partial charge in [0, 0.05) is 29.2 Å². The summed E-state index contributed by atoms with van der Waals surface area (Å²) in [5.74, 6) is 0. The lowest BCUT2D eigenvalue weighted by Gasteiger charge is -2.25. The Morgan fingerprint density at radius 2 is 0.967 bits per heavy atom. The van der Waals surface area contributed by atoms with E-state index in [0.29, 0.717) is 0 Å². The van der Waals surface area contributed by atoms with Crippen LogP contribution in [-0.4, -0.2) is 4.92 Å². The van der Waals surface area contributed by atoms with Crippen molar-refractivity contribution < 1.29 is 4.92 Å². The van der Waals surface area contributed by atoms with E-state index in [2.05, 4.69) is 53.4 Å². The van der Waals surface area contributed by atoms with Crippen LogP contribution in [0.3, 0.4) is 0 Å². The summed E-state index contributed by atoms with van der Waals surface area (Å²) in [6, 6.07) is 35.4. The summed E-state index contributed by atoms with van der Waals surface area (Å²) in [4.78, 5) is 12.6. The molecule has 0 radical (unpaired) electrons. The minimum absolute atomic E-state index is 0.0958. The quantitative estimate of drug-likeness (QED) is 0.197. The average molecular weight is 392 g/mol. The van der Waals surface area contributed by atoms with Crippen LogP contribution in [0.2, 0.25) is 0 Å². The predicted molar refractivity (Wildman–Crippen MR) is 123 cm³/mol. The molecule has 0 N–H and O–H groups in total. The van der Waals surface area contributed by atoms with E-state index in [4.69, 9.17) is 0 Å². The third-order valence-electron chi connectivity index (χ3n) is 4.75. The Bertz CT molecular complexity index is 1100. The third kappa shape index (κ3) is 4.45. The first-order chi connectivity index (χ1) is 14.7. The van der Waals surface area contributed by atoms with Crippen molar-refractivity contribution in [2.75, 3.05) is 4.90 Å². The van der Waals surface area contributed by atoms with Crippen molar-refractivity contribution in [2.45, 2.75) is 0 Å². The summed E-state index contributed by atoms with van der Waals surface area (Å²) >= 11 is 0. The van der Waals surface area contributed by atoms with Gasteiger partial charge in [-0.2, -0.15) is 0 Å². The van der Waals surface area contributed by atoms with Gasteiger partial charge in [0.05, 0.1) is 4.92 Å². The summed E-state index contributed by atoms with van der Waals surface area (Å²) in [5, 5.41) is 10.8. The Hall–Kier alpha value is -4.18. The molecule has 4 heteroatoms. The molecule has 0 aliphatic rings.